The summed E-state index contributed by atoms with van der Waals surface area (Å²) in [6.45, 7) is 2.07. The van der Waals surface area contributed by atoms with Gasteiger partial charge >= 0.3 is 0 Å². The van der Waals surface area contributed by atoms with E-state index in [0.717, 1.165) is 24.6 Å². The molecule has 0 atom stereocenters. The zero-order valence-corrected chi connectivity index (χ0v) is 10.9. The van der Waals surface area contributed by atoms with Crippen LogP contribution < -0.4 is 9.47 Å². The minimum absolute atomic E-state index is 0.324. The number of hydrogen-bond acceptors (Lipinski definition) is 4. The second-order valence-electron chi connectivity index (χ2n) is 4.72. The molecule has 4 heteroatoms. The van der Waals surface area contributed by atoms with Crippen molar-refractivity contribution in [2.24, 2.45) is 0 Å². The second kappa shape index (κ2) is 5.28. The van der Waals surface area contributed by atoms with E-state index in [1.54, 1.807) is 6.20 Å². The molecule has 1 aromatic heterocycles. The van der Waals surface area contributed by atoms with Crippen molar-refractivity contribution in [1.29, 1.82) is 0 Å². The van der Waals surface area contributed by atoms with E-state index in [2.05, 4.69) is 29.1 Å². The predicted molar refractivity (Wildman–Crippen MR) is 72.0 cm³/mol. The van der Waals surface area contributed by atoms with Gasteiger partial charge in [0.1, 0.15) is 0 Å². The molecule has 2 heterocycles. The van der Waals surface area contributed by atoms with Crippen molar-refractivity contribution in [3.05, 3.63) is 53.9 Å². The lowest BCUT2D eigenvalue weighted by Crippen LogP contribution is -2.17. The van der Waals surface area contributed by atoms with E-state index >= 15 is 0 Å². The minimum Gasteiger partial charge on any atom is -0.454 e. The Bertz CT molecular complexity index is 557. The number of fused-ring (bicyclic) bond motifs is 1. The Morgan fingerprint density at radius 2 is 1.95 bits per heavy atom. The topological polar surface area (TPSA) is 34.6 Å². The van der Waals surface area contributed by atoms with Crippen molar-refractivity contribution < 1.29 is 9.47 Å². The largest absolute Gasteiger partial charge is 0.454 e. The SMILES string of the molecule is CN(Cc1cccnc1)Cc1ccc2c(c1)OCO2. The first kappa shape index (κ1) is 12.0. The van der Waals surface area contributed by atoms with Crippen LogP contribution in [0.15, 0.2) is 42.7 Å². The molecule has 0 saturated carbocycles. The molecule has 3 rings (SSSR count). The molecule has 1 aromatic carbocycles. The molecule has 19 heavy (non-hydrogen) atoms. The average Bonchev–Trinajstić information content (AvgIpc) is 2.87. The van der Waals surface area contributed by atoms with Gasteiger partial charge in [-0.25, -0.2) is 0 Å². The van der Waals surface area contributed by atoms with Gasteiger partial charge in [0.05, 0.1) is 0 Å². The van der Waals surface area contributed by atoms with Gasteiger partial charge in [-0.05, 0) is 36.4 Å². The van der Waals surface area contributed by atoms with Crippen molar-refractivity contribution >= 4 is 0 Å². The van der Waals surface area contributed by atoms with Gasteiger partial charge in [0.15, 0.2) is 11.5 Å². The zero-order valence-electron chi connectivity index (χ0n) is 10.9. The van der Waals surface area contributed by atoms with Crippen LogP contribution in [0.3, 0.4) is 0 Å². The highest BCUT2D eigenvalue weighted by atomic mass is 16.7. The van der Waals surface area contributed by atoms with Crippen LogP contribution in [0.4, 0.5) is 0 Å². The van der Waals surface area contributed by atoms with E-state index in [0.29, 0.717) is 6.79 Å². The van der Waals surface area contributed by atoms with Crippen LogP contribution in [-0.2, 0) is 13.1 Å². The fourth-order valence-electron chi connectivity index (χ4n) is 2.21. The Balaban J connectivity index is 1.65. The van der Waals surface area contributed by atoms with Gasteiger partial charge in [0.25, 0.3) is 0 Å². The monoisotopic (exact) mass is 256 g/mol. The molecule has 0 aliphatic carbocycles. The fraction of sp³-hybridized carbons (Fsp3) is 0.267. The molecule has 0 fully saturated rings. The summed E-state index contributed by atoms with van der Waals surface area (Å²) in [7, 11) is 2.09. The third kappa shape index (κ3) is 2.85. The molecule has 1 aliphatic rings. The average molecular weight is 256 g/mol. The molecule has 0 unspecified atom stereocenters. The molecule has 98 valence electrons. The first-order valence-electron chi connectivity index (χ1n) is 6.27. The summed E-state index contributed by atoms with van der Waals surface area (Å²) >= 11 is 0. The zero-order chi connectivity index (χ0) is 13.1. The van der Waals surface area contributed by atoms with Crippen LogP contribution in [0.2, 0.25) is 0 Å². The van der Waals surface area contributed by atoms with E-state index < -0.39 is 0 Å². The number of benzene rings is 1. The van der Waals surface area contributed by atoms with E-state index in [9.17, 15) is 0 Å². The van der Waals surface area contributed by atoms with Crippen LogP contribution in [0.25, 0.3) is 0 Å². The fourth-order valence-corrected chi connectivity index (χ4v) is 2.21. The second-order valence-corrected chi connectivity index (χ2v) is 4.72. The van der Waals surface area contributed by atoms with E-state index in [-0.39, 0.29) is 0 Å². The van der Waals surface area contributed by atoms with Gasteiger partial charge in [-0.15, -0.1) is 0 Å². The number of hydrogen-bond donors (Lipinski definition) is 0. The van der Waals surface area contributed by atoms with Crippen molar-refractivity contribution in [3.63, 3.8) is 0 Å². The molecule has 0 N–H and O–H groups in total. The number of nitrogens with zero attached hydrogens (tertiary/aromatic N) is 2. The molecule has 2 aromatic rings. The highest BCUT2D eigenvalue weighted by Crippen LogP contribution is 2.32. The van der Waals surface area contributed by atoms with Crippen molar-refractivity contribution in [2.45, 2.75) is 13.1 Å². The molecular weight excluding hydrogens is 240 g/mol. The standard InChI is InChI=1S/C15H16N2O2/c1-17(10-13-3-2-6-16-8-13)9-12-4-5-14-15(7-12)19-11-18-14/h2-8H,9-11H2,1H3. The maximum Gasteiger partial charge on any atom is 0.231 e. The van der Waals surface area contributed by atoms with Crippen LogP contribution in [0, 0.1) is 0 Å². The van der Waals surface area contributed by atoms with E-state index in [1.165, 1.54) is 11.1 Å². The summed E-state index contributed by atoms with van der Waals surface area (Å²) in [5.74, 6) is 1.67. The number of aromatic nitrogens is 1. The molecular formula is C15H16N2O2. The maximum absolute atomic E-state index is 5.39. The first-order chi connectivity index (χ1) is 9.31. The lowest BCUT2D eigenvalue weighted by atomic mass is 10.2. The molecule has 0 spiro atoms. The molecule has 4 nitrogen and oxygen atoms in total. The summed E-state index contributed by atoms with van der Waals surface area (Å²) in [5.41, 5.74) is 2.43. The summed E-state index contributed by atoms with van der Waals surface area (Å²) in [6, 6.07) is 10.1. The molecule has 0 radical (unpaired) electrons. The van der Waals surface area contributed by atoms with Crippen molar-refractivity contribution in [1.82, 2.24) is 9.88 Å². The lowest BCUT2D eigenvalue weighted by Gasteiger charge is -2.16. The van der Waals surface area contributed by atoms with Gasteiger partial charge in [-0.2, -0.15) is 0 Å². The third-order valence-electron chi connectivity index (χ3n) is 3.06. The Morgan fingerprint density at radius 1 is 1.11 bits per heavy atom. The smallest absolute Gasteiger partial charge is 0.231 e. The summed E-state index contributed by atoms with van der Waals surface area (Å²) in [5, 5.41) is 0. The summed E-state index contributed by atoms with van der Waals surface area (Å²) in [6.07, 6.45) is 3.69. The number of pyridine rings is 1. The van der Waals surface area contributed by atoms with Gasteiger partial charge in [0, 0.05) is 25.5 Å². The van der Waals surface area contributed by atoms with Gasteiger partial charge in [-0.1, -0.05) is 12.1 Å². The quantitative estimate of drug-likeness (QED) is 0.841. The van der Waals surface area contributed by atoms with Crippen molar-refractivity contribution in [2.75, 3.05) is 13.8 Å². The number of ether oxygens (including phenoxy) is 2. The third-order valence-corrected chi connectivity index (χ3v) is 3.06. The maximum atomic E-state index is 5.39. The summed E-state index contributed by atoms with van der Waals surface area (Å²) in [4.78, 5) is 6.37. The highest BCUT2D eigenvalue weighted by Gasteiger charge is 2.13. The van der Waals surface area contributed by atoms with Crippen molar-refractivity contribution in [3.8, 4) is 11.5 Å². The lowest BCUT2D eigenvalue weighted by molar-refractivity contribution is 0.174. The van der Waals surface area contributed by atoms with Crippen LogP contribution in [-0.4, -0.2) is 23.7 Å². The Labute approximate surface area is 112 Å². The van der Waals surface area contributed by atoms with Gasteiger partial charge in [0.2, 0.25) is 6.79 Å². The molecule has 0 saturated heterocycles. The normalized spacial score (nSPS) is 12.9. The highest BCUT2D eigenvalue weighted by molar-refractivity contribution is 5.44. The minimum atomic E-state index is 0.324. The Hall–Kier alpha value is -2.07. The summed E-state index contributed by atoms with van der Waals surface area (Å²) < 4.78 is 10.7. The molecule has 1 aliphatic heterocycles. The molecule has 0 amide bonds. The van der Waals surface area contributed by atoms with Crippen LogP contribution in [0.5, 0.6) is 11.5 Å². The first-order valence-corrected chi connectivity index (χ1v) is 6.27. The van der Waals surface area contributed by atoms with Crippen LogP contribution in [0.1, 0.15) is 11.1 Å². The van der Waals surface area contributed by atoms with E-state index in [1.807, 2.05) is 24.4 Å². The van der Waals surface area contributed by atoms with Crippen LogP contribution >= 0.6 is 0 Å². The van der Waals surface area contributed by atoms with Gasteiger partial charge < -0.3 is 9.47 Å². The van der Waals surface area contributed by atoms with Gasteiger partial charge in [-0.3, -0.25) is 9.88 Å². The number of rotatable bonds is 4. The molecule has 0 bridgehead atoms. The van der Waals surface area contributed by atoms with E-state index in [4.69, 9.17) is 9.47 Å². The predicted octanol–water partition coefficient (Wildman–Crippen LogP) is 2.44. The Kier molecular flexibility index (Phi) is 3.33. The Morgan fingerprint density at radius 3 is 2.79 bits per heavy atom.